The molecule has 3 fully saturated rings. The molecule has 18 heavy (non-hydrogen) atoms. The third-order valence-corrected chi connectivity index (χ3v) is 4.53. The second kappa shape index (κ2) is 4.49. The molecule has 4 nitrogen and oxygen atoms in total. The van der Waals surface area contributed by atoms with Crippen LogP contribution in [0.4, 0.5) is 0 Å². The van der Waals surface area contributed by atoms with E-state index in [1.54, 1.807) is 0 Å². The van der Waals surface area contributed by atoms with E-state index in [2.05, 4.69) is 24.1 Å². The van der Waals surface area contributed by atoms with Gasteiger partial charge in [0.25, 0.3) is 0 Å². The molecule has 2 atom stereocenters. The number of ether oxygens (including phenoxy) is 1. The van der Waals surface area contributed by atoms with Crippen LogP contribution in [0.15, 0.2) is 0 Å². The van der Waals surface area contributed by atoms with Crippen molar-refractivity contribution < 1.29 is 9.53 Å². The maximum atomic E-state index is 12.4. The topological polar surface area (TPSA) is 41.6 Å². The van der Waals surface area contributed by atoms with Crippen LogP contribution in [0.3, 0.4) is 0 Å². The third-order valence-electron chi connectivity index (χ3n) is 4.53. The van der Waals surface area contributed by atoms with E-state index < -0.39 is 0 Å². The Bertz CT molecular complexity index is 333. The number of rotatable bonds is 4. The molecule has 1 N–H and O–H groups in total. The van der Waals surface area contributed by atoms with Crippen molar-refractivity contribution in [3.8, 4) is 0 Å². The van der Waals surface area contributed by atoms with Crippen molar-refractivity contribution in [2.75, 3.05) is 13.2 Å². The van der Waals surface area contributed by atoms with Crippen molar-refractivity contribution in [1.29, 1.82) is 0 Å². The van der Waals surface area contributed by atoms with E-state index in [0.717, 1.165) is 38.8 Å². The molecule has 0 aromatic heterocycles. The van der Waals surface area contributed by atoms with Crippen LogP contribution in [0, 0.1) is 5.92 Å². The fraction of sp³-hybridized carbons (Fsp3) is 0.929. The van der Waals surface area contributed by atoms with E-state index >= 15 is 0 Å². The van der Waals surface area contributed by atoms with Gasteiger partial charge in [0.05, 0.1) is 17.8 Å². The van der Waals surface area contributed by atoms with Gasteiger partial charge in [-0.3, -0.25) is 10.1 Å². The fourth-order valence-electron chi connectivity index (χ4n) is 3.23. The van der Waals surface area contributed by atoms with Crippen LogP contribution in [0.25, 0.3) is 0 Å². The van der Waals surface area contributed by atoms with E-state index in [1.807, 2.05) is 0 Å². The smallest absolute Gasteiger partial charge is 0.244 e. The number of carbonyl (C=O) groups is 1. The minimum absolute atomic E-state index is 0.175. The second-order valence-corrected chi connectivity index (χ2v) is 6.34. The Labute approximate surface area is 109 Å². The van der Waals surface area contributed by atoms with Gasteiger partial charge in [0.15, 0.2) is 0 Å². The molecule has 3 rings (SSSR count). The predicted octanol–water partition coefficient (Wildman–Crippen LogP) is 1.50. The van der Waals surface area contributed by atoms with Crippen LogP contribution in [-0.4, -0.2) is 41.8 Å². The molecule has 1 amide bonds. The van der Waals surface area contributed by atoms with E-state index in [9.17, 15) is 4.79 Å². The van der Waals surface area contributed by atoms with Gasteiger partial charge < -0.3 is 9.64 Å². The van der Waals surface area contributed by atoms with E-state index in [1.165, 1.54) is 6.42 Å². The average Bonchev–Trinajstić information content (AvgIpc) is 2.81. The van der Waals surface area contributed by atoms with Gasteiger partial charge in [-0.2, -0.15) is 0 Å². The molecule has 1 spiro atoms. The number of hydrogen-bond acceptors (Lipinski definition) is 3. The zero-order valence-corrected chi connectivity index (χ0v) is 11.4. The van der Waals surface area contributed by atoms with Crippen LogP contribution >= 0.6 is 0 Å². The summed E-state index contributed by atoms with van der Waals surface area (Å²) in [6.07, 6.45) is 5.97. The summed E-state index contributed by atoms with van der Waals surface area (Å²) >= 11 is 0. The minimum atomic E-state index is -0.175. The lowest BCUT2D eigenvalue weighted by molar-refractivity contribution is -0.131. The number of amides is 1. The molecule has 2 unspecified atom stereocenters. The molecule has 0 bridgehead atoms. The maximum absolute atomic E-state index is 12.4. The van der Waals surface area contributed by atoms with Crippen molar-refractivity contribution in [3.05, 3.63) is 0 Å². The molecule has 0 radical (unpaired) electrons. The Morgan fingerprint density at radius 1 is 1.50 bits per heavy atom. The van der Waals surface area contributed by atoms with E-state index in [-0.39, 0.29) is 11.7 Å². The molecule has 0 aromatic rings. The summed E-state index contributed by atoms with van der Waals surface area (Å²) < 4.78 is 5.65. The molecule has 2 heterocycles. The summed E-state index contributed by atoms with van der Waals surface area (Å²) in [4.78, 5) is 14.5. The Balaban J connectivity index is 1.62. The van der Waals surface area contributed by atoms with Gasteiger partial charge in [0.2, 0.25) is 5.91 Å². The molecular weight excluding hydrogens is 228 g/mol. The van der Waals surface area contributed by atoms with Gasteiger partial charge in [-0.05, 0) is 38.0 Å². The van der Waals surface area contributed by atoms with Gasteiger partial charge in [-0.15, -0.1) is 0 Å². The zero-order chi connectivity index (χ0) is 12.8. The Morgan fingerprint density at radius 3 is 2.83 bits per heavy atom. The Morgan fingerprint density at radius 2 is 2.28 bits per heavy atom. The summed E-state index contributed by atoms with van der Waals surface area (Å²) in [6.45, 7) is 6.12. The number of nitrogens with zero attached hydrogens (tertiary/aromatic N) is 1. The monoisotopic (exact) mass is 252 g/mol. The first kappa shape index (κ1) is 12.4. The van der Waals surface area contributed by atoms with Crippen LogP contribution in [-0.2, 0) is 9.53 Å². The lowest BCUT2D eigenvalue weighted by Crippen LogP contribution is -2.42. The normalized spacial score (nSPS) is 33.9. The molecule has 102 valence electrons. The van der Waals surface area contributed by atoms with E-state index in [4.69, 9.17) is 4.74 Å². The highest BCUT2D eigenvalue weighted by Crippen LogP contribution is 2.43. The molecule has 4 heteroatoms. The SMILES string of the molecule is CC(C)C1NC2(CC2)C(=O)N1CCC1CCCO1. The zero-order valence-electron chi connectivity index (χ0n) is 11.4. The first-order valence-electron chi connectivity index (χ1n) is 7.33. The molecule has 0 aromatic carbocycles. The average molecular weight is 252 g/mol. The van der Waals surface area contributed by atoms with Gasteiger partial charge >= 0.3 is 0 Å². The quantitative estimate of drug-likeness (QED) is 0.824. The molecule has 1 aliphatic carbocycles. The summed E-state index contributed by atoms with van der Waals surface area (Å²) in [5.74, 6) is 0.803. The number of nitrogens with one attached hydrogen (secondary N) is 1. The fourth-order valence-corrected chi connectivity index (χ4v) is 3.23. The predicted molar refractivity (Wildman–Crippen MR) is 69.0 cm³/mol. The van der Waals surface area contributed by atoms with Crippen molar-refractivity contribution in [2.45, 2.75) is 63.8 Å². The highest BCUT2D eigenvalue weighted by atomic mass is 16.5. The third kappa shape index (κ3) is 2.05. The molecule has 2 aliphatic heterocycles. The first-order chi connectivity index (χ1) is 8.62. The number of carbonyl (C=O) groups excluding carboxylic acids is 1. The van der Waals surface area contributed by atoms with Crippen LogP contribution in [0.1, 0.15) is 46.0 Å². The minimum Gasteiger partial charge on any atom is -0.378 e. The molecular formula is C14H24N2O2. The van der Waals surface area contributed by atoms with Crippen molar-refractivity contribution in [2.24, 2.45) is 5.92 Å². The summed E-state index contributed by atoms with van der Waals surface area (Å²) in [5, 5.41) is 3.55. The van der Waals surface area contributed by atoms with Crippen LogP contribution in [0.5, 0.6) is 0 Å². The molecule has 1 saturated carbocycles. The highest BCUT2D eigenvalue weighted by molar-refractivity contribution is 5.91. The summed E-state index contributed by atoms with van der Waals surface area (Å²) in [6, 6.07) is 0. The van der Waals surface area contributed by atoms with Crippen LogP contribution in [0.2, 0.25) is 0 Å². The Kier molecular flexibility index (Phi) is 3.10. The number of hydrogen-bond donors (Lipinski definition) is 1. The lowest BCUT2D eigenvalue weighted by atomic mass is 10.1. The van der Waals surface area contributed by atoms with Gasteiger partial charge in [0, 0.05) is 13.2 Å². The Hall–Kier alpha value is -0.610. The highest BCUT2D eigenvalue weighted by Gasteiger charge is 2.59. The van der Waals surface area contributed by atoms with Gasteiger partial charge in [0.1, 0.15) is 0 Å². The summed E-state index contributed by atoms with van der Waals surface area (Å²) in [7, 11) is 0. The van der Waals surface area contributed by atoms with Crippen molar-refractivity contribution in [3.63, 3.8) is 0 Å². The molecule has 3 aliphatic rings. The van der Waals surface area contributed by atoms with E-state index in [0.29, 0.717) is 17.9 Å². The van der Waals surface area contributed by atoms with Crippen molar-refractivity contribution in [1.82, 2.24) is 10.2 Å². The van der Waals surface area contributed by atoms with Crippen LogP contribution < -0.4 is 5.32 Å². The second-order valence-electron chi connectivity index (χ2n) is 6.34. The van der Waals surface area contributed by atoms with Crippen molar-refractivity contribution >= 4 is 5.91 Å². The lowest BCUT2D eigenvalue weighted by Gasteiger charge is -2.28. The van der Waals surface area contributed by atoms with Gasteiger partial charge in [-0.1, -0.05) is 13.8 Å². The maximum Gasteiger partial charge on any atom is 0.244 e. The largest absolute Gasteiger partial charge is 0.378 e. The standard InChI is InChI=1S/C14H24N2O2/c1-10(2)12-15-14(6-7-14)13(17)16(12)8-5-11-4-3-9-18-11/h10-12,15H,3-9H2,1-2H3. The summed E-state index contributed by atoms with van der Waals surface area (Å²) in [5.41, 5.74) is -0.175. The molecule has 2 saturated heterocycles. The van der Waals surface area contributed by atoms with Gasteiger partial charge in [-0.25, -0.2) is 0 Å². The first-order valence-corrected chi connectivity index (χ1v) is 7.33.